The van der Waals surface area contributed by atoms with Crippen LogP contribution in [0.2, 0.25) is 0 Å². The smallest absolute Gasteiger partial charge is 0.0723 e. The van der Waals surface area contributed by atoms with Gasteiger partial charge >= 0.3 is 0 Å². The highest BCUT2D eigenvalue weighted by molar-refractivity contribution is 5.79. The lowest BCUT2D eigenvalue weighted by Crippen LogP contribution is -2.02. The molecule has 4 nitrogen and oxygen atoms in total. The first kappa shape index (κ1) is 11.4. The van der Waals surface area contributed by atoms with Crippen LogP contribution in [-0.2, 0) is 6.42 Å². The molecule has 0 aliphatic carbocycles. The van der Waals surface area contributed by atoms with Crippen LogP contribution in [0.1, 0.15) is 5.56 Å². The lowest BCUT2D eigenvalue weighted by molar-refractivity contribution is 0.300. The summed E-state index contributed by atoms with van der Waals surface area (Å²) in [6.45, 7) is 0.0509. The summed E-state index contributed by atoms with van der Waals surface area (Å²) in [5.41, 5.74) is 15.6. The highest BCUT2D eigenvalue weighted by Gasteiger charge is 2.09. The molecule has 0 bridgehead atoms. The Morgan fingerprint density at radius 1 is 1.18 bits per heavy atom. The molecule has 0 unspecified atom stereocenters. The van der Waals surface area contributed by atoms with E-state index in [0.29, 0.717) is 17.8 Å². The van der Waals surface area contributed by atoms with Crippen LogP contribution < -0.4 is 11.5 Å². The average Bonchev–Trinajstić information content (AvgIpc) is 2.35. The zero-order chi connectivity index (χ0) is 12.3. The number of hydrogen-bond donors (Lipinski definition) is 3. The normalized spacial score (nSPS) is 10.4. The number of nitrogens with two attached hydrogens (primary N) is 2. The number of aliphatic hydroxyl groups is 1. The maximum Gasteiger partial charge on any atom is 0.0723 e. The van der Waals surface area contributed by atoms with Gasteiger partial charge in [-0.15, -0.1) is 0 Å². The van der Waals surface area contributed by atoms with Crippen molar-refractivity contribution in [1.29, 1.82) is 0 Å². The van der Waals surface area contributed by atoms with Crippen LogP contribution in [-0.4, -0.2) is 16.7 Å². The molecule has 1 heterocycles. The van der Waals surface area contributed by atoms with Crippen molar-refractivity contribution >= 4 is 11.4 Å². The average molecular weight is 229 g/mol. The van der Waals surface area contributed by atoms with Crippen molar-refractivity contribution in [2.45, 2.75) is 6.42 Å². The lowest BCUT2D eigenvalue weighted by atomic mass is 10.0. The fraction of sp³-hybridized carbons (Fsp3) is 0.154. The molecule has 2 aromatic rings. The number of pyridine rings is 1. The molecule has 0 aliphatic heterocycles. The Morgan fingerprint density at radius 3 is 2.65 bits per heavy atom. The van der Waals surface area contributed by atoms with E-state index >= 15 is 0 Å². The van der Waals surface area contributed by atoms with Gasteiger partial charge in [0.15, 0.2) is 0 Å². The summed E-state index contributed by atoms with van der Waals surface area (Å²) in [5.74, 6) is 0. The number of aliphatic hydroxyl groups excluding tert-OH is 1. The molecule has 0 aliphatic rings. The molecule has 4 heteroatoms. The van der Waals surface area contributed by atoms with Crippen molar-refractivity contribution in [3.05, 3.63) is 42.1 Å². The van der Waals surface area contributed by atoms with Gasteiger partial charge in [0.2, 0.25) is 0 Å². The summed E-state index contributed by atoms with van der Waals surface area (Å²) in [6, 6.07) is 9.22. The highest BCUT2D eigenvalue weighted by Crippen LogP contribution is 2.30. The predicted molar refractivity (Wildman–Crippen MR) is 69.3 cm³/mol. The summed E-state index contributed by atoms with van der Waals surface area (Å²) < 4.78 is 0. The van der Waals surface area contributed by atoms with E-state index in [1.807, 2.05) is 18.2 Å². The summed E-state index contributed by atoms with van der Waals surface area (Å²) in [4.78, 5) is 4.25. The number of nitrogens with zero attached hydrogens (tertiary/aromatic N) is 1. The van der Waals surface area contributed by atoms with Crippen molar-refractivity contribution < 1.29 is 5.11 Å². The van der Waals surface area contributed by atoms with Crippen molar-refractivity contribution in [2.24, 2.45) is 0 Å². The van der Waals surface area contributed by atoms with E-state index in [0.717, 1.165) is 16.8 Å². The zero-order valence-electron chi connectivity index (χ0n) is 9.43. The number of rotatable bonds is 3. The third kappa shape index (κ3) is 2.37. The van der Waals surface area contributed by atoms with Gasteiger partial charge in [-0.25, -0.2) is 0 Å². The molecular weight excluding hydrogens is 214 g/mol. The fourth-order valence-electron chi connectivity index (χ4n) is 1.80. The Hall–Kier alpha value is -2.07. The van der Waals surface area contributed by atoms with Crippen LogP contribution in [0, 0.1) is 0 Å². The van der Waals surface area contributed by atoms with Gasteiger partial charge in [-0.05, 0) is 36.2 Å². The summed E-state index contributed by atoms with van der Waals surface area (Å²) in [7, 11) is 0. The third-order valence-corrected chi connectivity index (χ3v) is 2.61. The largest absolute Gasteiger partial charge is 0.399 e. The Kier molecular flexibility index (Phi) is 3.25. The number of aromatic nitrogens is 1. The topological polar surface area (TPSA) is 85.2 Å². The molecule has 0 amide bonds. The first-order chi connectivity index (χ1) is 8.22. The Morgan fingerprint density at radius 2 is 2.00 bits per heavy atom. The lowest BCUT2D eigenvalue weighted by Gasteiger charge is -2.11. The van der Waals surface area contributed by atoms with Crippen LogP contribution in [0.5, 0.6) is 0 Å². The molecule has 0 saturated carbocycles. The molecule has 5 N–H and O–H groups in total. The van der Waals surface area contributed by atoms with Gasteiger partial charge in [0.1, 0.15) is 0 Å². The second kappa shape index (κ2) is 4.84. The van der Waals surface area contributed by atoms with Gasteiger partial charge in [0, 0.05) is 29.7 Å². The molecular formula is C13H15N3O. The monoisotopic (exact) mass is 229 g/mol. The maximum atomic E-state index is 8.98. The molecule has 0 radical (unpaired) electrons. The minimum Gasteiger partial charge on any atom is -0.399 e. The minimum atomic E-state index is 0.0509. The number of benzene rings is 1. The number of nitrogen functional groups attached to an aromatic ring is 2. The predicted octanol–water partition coefficient (Wildman–Crippen LogP) is 1.45. The zero-order valence-corrected chi connectivity index (χ0v) is 9.43. The van der Waals surface area contributed by atoms with Crippen molar-refractivity contribution in [2.75, 3.05) is 18.1 Å². The summed E-state index contributed by atoms with van der Waals surface area (Å²) in [5, 5.41) is 8.98. The molecule has 1 aromatic heterocycles. The summed E-state index contributed by atoms with van der Waals surface area (Å²) in [6.07, 6.45) is 2.21. The molecule has 0 spiro atoms. The minimum absolute atomic E-state index is 0.0509. The van der Waals surface area contributed by atoms with E-state index in [9.17, 15) is 0 Å². The molecule has 0 saturated heterocycles. The van der Waals surface area contributed by atoms with Gasteiger partial charge in [-0.1, -0.05) is 6.07 Å². The van der Waals surface area contributed by atoms with E-state index < -0.39 is 0 Å². The second-order valence-corrected chi connectivity index (χ2v) is 3.83. The van der Waals surface area contributed by atoms with Crippen LogP contribution >= 0.6 is 0 Å². The first-order valence-electron chi connectivity index (χ1n) is 5.42. The molecule has 0 fully saturated rings. The van der Waals surface area contributed by atoms with E-state index in [-0.39, 0.29) is 6.61 Å². The fourth-order valence-corrected chi connectivity index (χ4v) is 1.80. The SMILES string of the molecule is Nc1cc(CCO)c(N)c(-c2ccccn2)c1. The molecule has 88 valence electrons. The van der Waals surface area contributed by atoms with Gasteiger partial charge in [0.05, 0.1) is 5.69 Å². The van der Waals surface area contributed by atoms with Gasteiger partial charge in [-0.2, -0.15) is 0 Å². The van der Waals surface area contributed by atoms with E-state index in [2.05, 4.69) is 4.98 Å². The Labute approximate surface area is 99.9 Å². The van der Waals surface area contributed by atoms with Crippen LogP contribution in [0.25, 0.3) is 11.3 Å². The maximum absolute atomic E-state index is 8.98. The van der Waals surface area contributed by atoms with Gasteiger partial charge in [0.25, 0.3) is 0 Å². The second-order valence-electron chi connectivity index (χ2n) is 3.83. The number of anilines is 2. The Bertz CT molecular complexity index is 512. The summed E-state index contributed by atoms with van der Waals surface area (Å²) >= 11 is 0. The molecule has 0 atom stereocenters. The van der Waals surface area contributed by atoms with Gasteiger partial charge < -0.3 is 16.6 Å². The molecule has 2 rings (SSSR count). The standard InChI is InChI=1S/C13H15N3O/c14-10-7-9(4-6-17)13(15)11(8-10)12-3-1-2-5-16-12/h1-3,5,7-8,17H,4,6,14-15H2. The quantitative estimate of drug-likeness (QED) is 0.695. The molecule has 1 aromatic carbocycles. The molecule has 17 heavy (non-hydrogen) atoms. The highest BCUT2D eigenvalue weighted by atomic mass is 16.2. The van der Waals surface area contributed by atoms with Gasteiger partial charge in [-0.3, -0.25) is 4.98 Å². The van der Waals surface area contributed by atoms with E-state index in [4.69, 9.17) is 16.6 Å². The van der Waals surface area contributed by atoms with Crippen molar-refractivity contribution in [1.82, 2.24) is 4.98 Å². The third-order valence-electron chi connectivity index (χ3n) is 2.61. The Balaban J connectivity index is 2.54. The van der Waals surface area contributed by atoms with Crippen LogP contribution in [0.15, 0.2) is 36.5 Å². The van der Waals surface area contributed by atoms with E-state index in [1.165, 1.54) is 0 Å². The van der Waals surface area contributed by atoms with E-state index in [1.54, 1.807) is 18.3 Å². The van der Waals surface area contributed by atoms with Crippen LogP contribution in [0.4, 0.5) is 11.4 Å². The number of hydrogen-bond acceptors (Lipinski definition) is 4. The van der Waals surface area contributed by atoms with Crippen LogP contribution in [0.3, 0.4) is 0 Å². The van der Waals surface area contributed by atoms with Crippen molar-refractivity contribution in [3.8, 4) is 11.3 Å². The van der Waals surface area contributed by atoms with Crippen molar-refractivity contribution in [3.63, 3.8) is 0 Å². The first-order valence-corrected chi connectivity index (χ1v) is 5.42.